The van der Waals surface area contributed by atoms with Gasteiger partial charge >= 0.3 is 0 Å². The quantitative estimate of drug-likeness (QED) is 0.580. The summed E-state index contributed by atoms with van der Waals surface area (Å²) in [5.74, 6) is 0.620. The van der Waals surface area contributed by atoms with Crippen LogP contribution in [-0.2, 0) is 0 Å². The number of aromatic nitrogens is 5. The van der Waals surface area contributed by atoms with E-state index in [0.29, 0.717) is 17.2 Å². The third-order valence-corrected chi connectivity index (χ3v) is 5.54. The lowest BCUT2D eigenvalue weighted by Gasteiger charge is -2.37. The van der Waals surface area contributed by atoms with Gasteiger partial charge in [-0.05, 0) is 37.7 Å². The highest BCUT2D eigenvalue weighted by Crippen LogP contribution is 2.32. The number of nitrogens with zero attached hydrogens (tertiary/aromatic N) is 6. The average molecular weight is 386 g/mol. The minimum atomic E-state index is 0.161. The molecule has 4 heterocycles. The van der Waals surface area contributed by atoms with Gasteiger partial charge < -0.3 is 14.4 Å². The number of fused-ring (bicyclic) bond motifs is 1. The molecule has 1 N–H and O–H groups in total. The van der Waals surface area contributed by atoms with Gasteiger partial charge in [-0.25, -0.2) is 4.98 Å². The fourth-order valence-corrected chi connectivity index (χ4v) is 3.80. The highest BCUT2D eigenvalue weighted by atomic mass is 16.3. The van der Waals surface area contributed by atoms with Crippen LogP contribution in [0.2, 0.25) is 0 Å². The summed E-state index contributed by atoms with van der Waals surface area (Å²) in [7, 11) is 0. The Morgan fingerprint density at radius 3 is 2.66 bits per heavy atom. The van der Waals surface area contributed by atoms with Crippen LogP contribution in [0, 0.1) is 6.92 Å². The van der Waals surface area contributed by atoms with Crippen molar-refractivity contribution in [1.29, 1.82) is 0 Å². The number of aryl methyl sites for hydroxylation is 1. The Balaban J connectivity index is 1.40. The van der Waals surface area contributed by atoms with E-state index in [4.69, 9.17) is 0 Å². The van der Waals surface area contributed by atoms with Crippen LogP contribution in [0.15, 0.2) is 48.9 Å². The van der Waals surface area contributed by atoms with Gasteiger partial charge in [-0.2, -0.15) is 10.2 Å². The molecule has 0 spiro atoms. The van der Waals surface area contributed by atoms with Crippen LogP contribution >= 0.6 is 0 Å². The maximum absolute atomic E-state index is 10.6. The second-order valence-electron chi connectivity index (χ2n) is 7.54. The largest absolute Gasteiger partial charge is 0.507 e. The Kier molecular flexibility index (Phi) is 4.24. The minimum absolute atomic E-state index is 0.161. The molecule has 1 aliphatic heterocycles. The molecule has 7 nitrogen and oxygen atoms in total. The standard InChI is InChI=1S/C22H22N6O/c1-3-27-11-16(12-27)18-6-7-19(26-25-18)17-5-4-15(8-21(17)29)20-13-28-10-14(2)24-22(28)9-23-20/h4-10,13,16,29H,3,11-12H2,1-2H3. The predicted octanol–water partition coefficient (Wildman–Crippen LogP) is 3.29. The smallest absolute Gasteiger partial charge is 0.155 e. The summed E-state index contributed by atoms with van der Waals surface area (Å²) < 4.78 is 1.94. The number of hydrogen-bond donors (Lipinski definition) is 1. The zero-order valence-corrected chi connectivity index (χ0v) is 16.4. The van der Waals surface area contributed by atoms with Gasteiger partial charge in [0.05, 0.1) is 29.0 Å². The zero-order chi connectivity index (χ0) is 20.0. The molecular formula is C22H22N6O. The fourth-order valence-electron chi connectivity index (χ4n) is 3.80. The number of rotatable bonds is 4. The van der Waals surface area contributed by atoms with Crippen molar-refractivity contribution in [1.82, 2.24) is 29.5 Å². The van der Waals surface area contributed by atoms with E-state index in [1.165, 1.54) is 0 Å². The van der Waals surface area contributed by atoms with Crippen molar-refractivity contribution in [2.24, 2.45) is 0 Å². The van der Waals surface area contributed by atoms with Gasteiger partial charge in [0.2, 0.25) is 0 Å². The van der Waals surface area contributed by atoms with Crippen molar-refractivity contribution in [3.8, 4) is 28.3 Å². The van der Waals surface area contributed by atoms with E-state index >= 15 is 0 Å². The molecular weight excluding hydrogens is 364 g/mol. The van der Waals surface area contributed by atoms with Crippen LogP contribution in [-0.4, -0.2) is 54.2 Å². The highest BCUT2D eigenvalue weighted by Gasteiger charge is 2.28. The van der Waals surface area contributed by atoms with Gasteiger partial charge in [-0.1, -0.05) is 13.0 Å². The molecule has 1 aromatic carbocycles. The van der Waals surface area contributed by atoms with Gasteiger partial charge in [0.1, 0.15) is 5.75 Å². The molecule has 5 rings (SSSR count). The number of phenols is 1. The number of benzene rings is 1. The summed E-state index contributed by atoms with van der Waals surface area (Å²) in [5.41, 5.74) is 5.68. The summed E-state index contributed by atoms with van der Waals surface area (Å²) in [6.07, 6.45) is 5.60. The SMILES string of the molecule is CCN1CC(c2ccc(-c3ccc(-c4cn5cc(C)nc5cn4)cc3O)nn2)C1. The summed E-state index contributed by atoms with van der Waals surface area (Å²) in [6.45, 7) is 7.27. The van der Waals surface area contributed by atoms with Crippen molar-refractivity contribution in [2.75, 3.05) is 19.6 Å². The molecule has 29 heavy (non-hydrogen) atoms. The number of phenolic OH excluding ortho intramolecular Hbond substituents is 1. The van der Waals surface area contributed by atoms with Crippen LogP contribution in [0.4, 0.5) is 0 Å². The first-order chi connectivity index (χ1) is 14.1. The van der Waals surface area contributed by atoms with Gasteiger partial charge in [0.25, 0.3) is 0 Å². The highest BCUT2D eigenvalue weighted by molar-refractivity contribution is 5.72. The number of likely N-dealkylation sites (N-methyl/N-ethyl adjacent to an activating group) is 1. The molecule has 146 valence electrons. The summed E-state index contributed by atoms with van der Waals surface area (Å²) in [5, 5.41) is 19.4. The first kappa shape index (κ1) is 17.8. The van der Waals surface area contributed by atoms with Crippen LogP contribution in [0.5, 0.6) is 5.75 Å². The maximum atomic E-state index is 10.6. The van der Waals surface area contributed by atoms with E-state index < -0.39 is 0 Å². The van der Waals surface area contributed by atoms with Crippen molar-refractivity contribution in [2.45, 2.75) is 19.8 Å². The summed E-state index contributed by atoms with van der Waals surface area (Å²) >= 11 is 0. The van der Waals surface area contributed by atoms with Crippen molar-refractivity contribution in [3.05, 3.63) is 60.3 Å². The topological polar surface area (TPSA) is 79.4 Å². The Bertz CT molecular complexity index is 1180. The van der Waals surface area contributed by atoms with Gasteiger partial charge in [-0.15, -0.1) is 0 Å². The van der Waals surface area contributed by atoms with Gasteiger partial charge in [0, 0.05) is 42.5 Å². The molecule has 0 unspecified atom stereocenters. The summed E-state index contributed by atoms with van der Waals surface area (Å²) in [4.78, 5) is 11.2. The molecule has 1 saturated heterocycles. The lowest BCUT2D eigenvalue weighted by atomic mass is 9.96. The Morgan fingerprint density at radius 1 is 1.07 bits per heavy atom. The molecule has 0 amide bonds. The molecule has 3 aromatic heterocycles. The molecule has 0 saturated carbocycles. The third-order valence-electron chi connectivity index (χ3n) is 5.54. The summed E-state index contributed by atoms with van der Waals surface area (Å²) in [6, 6.07) is 9.47. The molecule has 4 aromatic rings. The van der Waals surface area contributed by atoms with E-state index in [2.05, 4.69) is 32.0 Å². The third kappa shape index (κ3) is 3.23. The van der Waals surface area contributed by atoms with E-state index in [-0.39, 0.29) is 5.75 Å². The molecule has 1 fully saturated rings. The second-order valence-corrected chi connectivity index (χ2v) is 7.54. The number of imidazole rings is 1. The molecule has 7 heteroatoms. The van der Waals surface area contributed by atoms with E-state index in [0.717, 1.165) is 47.9 Å². The van der Waals surface area contributed by atoms with Crippen LogP contribution in [0.25, 0.3) is 28.2 Å². The number of aromatic hydroxyl groups is 1. The van der Waals surface area contributed by atoms with Crippen LogP contribution < -0.4 is 0 Å². The molecule has 0 atom stereocenters. The van der Waals surface area contributed by atoms with E-state index in [1.54, 1.807) is 12.3 Å². The van der Waals surface area contributed by atoms with Crippen molar-refractivity contribution >= 4 is 5.65 Å². The van der Waals surface area contributed by atoms with E-state index in [9.17, 15) is 5.11 Å². The van der Waals surface area contributed by atoms with Crippen molar-refractivity contribution < 1.29 is 5.11 Å². The van der Waals surface area contributed by atoms with Gasteiger partial charge in [0.15, 0.2) is 5.65 Å². The first-order valence-corrected chi connectivity index (χ1v) is 9.82. The van der Waals surface area contributed by atoms with Crippen molar-refractivity contribution in [3.63, 3.8) is 0 Å². The lowest BCUT2D eigenvalue weighted by Crippen LogP contribution is -2.44. The number of likely N-dealkylation sites (tertiary alicyclic amines) is 1. The first-order valence-electron chi connectivity index (χ1n) is 9.82. The van der Waals surface area contributed by atoms with E-state index in [1.807, 2.05) is 48.0 Å². The molecule has 0 aliphatic carbocycles. The second kappa shape index (κ2) is 6.93. The van der Waals surface area contributed by atoms with Crippen LogP contribution in [0.3, 0.4) is 0 Å². The lowest BCUT2D eigenvalue weighted by molar-refractivity contribution is 0.154. The average Bonchev–Trinajstić information content (AvgIpc) is 3.07. The minimum Gasteiger partial charge on any atom is -0.507 e. The molecule has 1 aliphatic rings. The normalized spacial score (nSPS) is 15.0. The monoisotopic (exact) mass is 386 g/mol. The molecule has 0 bridgehead atoms. The predicted molar refractivity (Wildman–Crippen MR) is 111 cm³/mol. The van der Waals surface area contributed by atoms with Crippen LogP contribution in [0.1, 0.15) is 24.2 Å². The zero-order valence-electron chi connectivity index (χ0n) is 16.4. The Morgan fingerprint density at radius 2 is 1.93 bits per heavy atom. The Hall–Kier alpha value is -3.32. The molecule has 0 radical (unpaired) electrons. The maximum Gasteiger partial charge on any atom is 0.155 e. The van der Waals surface area contributed by atoms with Gasteiger partial charge in [-0.3, -0.25) is 4.98 Å². The fraction of sp³-hybridized carbons (Fsp3) is 0.273. The number of hydrogen-bond acceptors (Lipinski definition) is 6. The Labute approximate surface area is 168 Å².